The van der Waals surface area contributed by atoms with Gasteiger partial charge in [-0.05, 0) is 50.8 Å². The Labute approximate surface area is 235 Å². The first-order chi connectivity index (χ1) is 18.8. The van der Waals surface area contributed by atoms with Crippen molar-refractivity contribution < 1.29 is 18.3 Å². The predicted molar refractivity (Wildman–Crippen MR) is 147 cm³/mol. The van der Waals surface area contributed by atoms with Gasteiger partial charge in [0.15, 0.2) is 5.82 Å². The summed E-state index contributed by atoms with van der Waals surface area (Å²) in [6.07, 6.45) is 3.78. The van der Waals surface area contributed by atoms with Crippen molar-refractivity contribution in [1.29, 1.82) is 0 Å². The molecule has 2 bridgehead atoms. The van der Waals surface area contributed by atoms with Gasteiger partial charge in [-0.25, -0.2) is 8.78 Å². The van der Waals surface area contributed by atoms with E-state index in [4.69, 9.17) is 25.2 Å². The number of piperazine rings is 1. The van der Waals surface area contributed by atoms with Gasteiger partial charge in [-0.2, -0.15) is 9.97 Å². The maximum atomic E-state index is 15.3. The number of halogens is 3. The standard InChI is InChI=1S/C28H35BrF2N6O2/c1-15-7-20(32)25(31)23(24(15)29)22-8-21-19(13-38-22)26(36-11-17-3-4-18(12-36)33-17)35-27(34-21)39-14-28-5-2-6-37(28)10-16(30)9-28/h7,16-18,22,33H,2-6,8-14,32H2,1H3. The van der Waals surface area contributed by atoms with Crippen LogP contribution in [-0.2, 0) is 17.8 Å². The zero-order chi connectivity index (χ0) is 26.9. The molecule has 7 rings (SSSR count). The van der Waals surface area contributed by atoms with Crippen LogP contribution in [0.2, 0.25) is 0 Å². The molecule has 5 atom stereocenters. The van der Waals surface area contributed by atoms with E-state index in [1.807, 2.05) is 6.92 Å². The SMILES string of the molecule is Cc1cc(N)c(F)c(C2Cc3nc(OCC45CCCN4CC(F)C5)nc(N4CC5CCC(C4)N5)c3CO2)c1Br. The third kappa shape index (κ3) is 4.49. The summed E-state index contributed by atoms with van der Waals surface area (Å²) in [7, 11) is 0. The van der Waals surface area contributed by atoms with E-state index in [0.717, 1.165) is 68.0 Å². The van der Waals surface area contributed by atoms with Gasteiger partial charge in [0.25, 0.3) is 0 Å². The lowest BCUT2D eigenvalue weighted by molar-refractivity contribution is 0.0227. The lowest BCUT2D eigenvalue weighted by Gasteiger charge is -2.37. The number of alkyl halides is 1. The van der Waals surface area contributed by atoms with Crippen LogP contribution < -0.4 is 20.7 Å². The Morgan fingerprint density at radius 2 is 2.05 bits per heavy atom. The largest absolute Gasteiger partial charge is 0.461 e. The predicted octanol–water partition coefficient (Wildman–Crippen LogP) is 3.98. The Morgan fingerprint density at radius 1 is 1.26 bits per heavy atom. The first-order valence-electron chi connectivity index (χ1n) is 14.1. The van der Waals surface area contributed by atoms with Gasteiger partial charge < -0.3 is 25.4 Å². The number of nitrogens with one attached hydrogen (secondary N) is 1. The summed E-state index contributed by atoms with van der Waals surface area (Å²) in [6.45, 7) is 5.63. The molecule has 0 radical (unpaired) electrons. The number of hydrogen-bond donors (Lipinski definition) is 2. The summed E-state index contributed by atoms with van der Waals surface area (Å²) in [5, 5.41) is 3.68. The molecule has 8 nitrogen and oxygen atoms in total. The molecule has 5 aliphatic heterocycles. The number of rotatable bonds is 5. The first kappa shape index (κ1) is 25.9. The molecule has 1 aromatic heterocycles. The van der Waals surface area contributed by atoms with Crippen LogP contribution >= 0.6 is 15.9 Å². The lowest BCUT2D eigenvalue weighted by atomic mass is 9.95. The summed E-state index contributed by atoms with van der Waals surface area (Å²) in [5.41, 5.74) is 8.80. The fourth-order valence-electron chi connectivity index (χ4n) is 7.47. The van der Waals surface area contributed by atoms with E-state index >= 15 is 4.39 Å². The number of nitrogens with two attached hydrogens (primary N) is 1. The van der Waals surface area contributed by atoms with Crippen LogP contribution in [0.1, 0.15) is 60.6 Å². The summed E-state index contributed by atoms with van der Waals surface area (Å²) < 4.78 is 42.9. The number of fused-ring (bicyclic) bond motifs is 4. The monoisotopic (exact) mass is 604 g/mol. The number of nitrogen functional groups attached to an aromatic ring is 1. The lowest BCUT2D eigenvalue weighted by Crippen LogP contribution is -2.52. The number of anilines is 2. The van der Waals surface area contributed by atoms with Gasteiger partial charge in [-0.15, -0.1) is 0 Å². The molecule has 210 valence electrons. The summed E-state index contributed by atoms with van der Waals surface area (Å²) >= 11 is 3.56. The number of aromatic nitrogens is 2. The van der Waals surface area contributed by atoms with Crippen LogP contribution in [0.3, 0.4) is 0 Å². The average Bonchev–Trinajstić information content (AvgIpc) is 3.56. The maximum Gasteiger partial charge on any atom is 0.318 e. The highest BCUT2D eigenvalue weighted by Gasteiger charge is 2.49. The molecule has 5 aliphatic rings. The highest BCUT2D eigenvalue weighted by Crippen LogP contribution is 2.43. The minimum atomic E-state index is -0.821. The van der Waals surface area contributed by atoms with Crippen molar-refractivity contribution in [1.82, 2.24) is 20.2 Å². The molecule has 39 heavy (non-hydrogen) atoms. The molecule has 4 saturated heterocycles. The van der Waals surface area contributed by atoms with E-state index in [-0.39, 0.29) is 17.8 Å². The second kappa shape index (κ2) is 9.78. The normalized spacial score (nSPS) is 31.9. The van der Waals surface area contributed by atoms with Crippen molar-refractivity contribution in [3.8, 4) is 6.01 Å². The Morgan fingerprint density at radius 3 is 2.85 bits per heavy atom. The molecule has 6 heterocycles. The van der Waals surface area contributed by atoms with Crippen LogP contribution in [0.15, 0.2) is 10.5 Å². The molecule has 5 unspecified atom stereocenters. The fourth-order valence-corrected chi connectivity index (χ4v) is 8.01. The van der Waals surface area contributed by atoms with Crippen molar-refractivity contribution in [2.24, 2.45) is 0 Å². The molecule has 4 fully saturated rings. The smallest absolute Gasteiger partial charge is 0.318 e. The Balaban J connectivity index is 1.23. The highest BCUT2D eigenvalue weighted by molar-refractivity contribution is 9.10. The fraction of sp³-hybridized carbons (Fsp3) is 0.643. The Hall–Kier alpha value is -2.08. The number of aryl methyl sites for hydroxylation is 1. The van der Waals surface area contributed by atoms with Gasteiger partial charge in [-0.3, -0.25) is 4.90 Å². The molecular formula is C28H35BrF2N6O2. The number of hydrogen-bond acceptors (Lipinski definition) is 8. The third-order valence-corrected chi connectivity index (χ3v) is 10.4. The van der Waals surface area contributed by atoms with Crippen molar-refractivity contribution in [2.45, 2.75) is 82.0 Å². The van der Waals surface area contributed by atoms with Crippen LogP contribution in [-0.4, -0.2) is 71.4 Å². The maximum absolute atomic E-state index is 15.3. The van der Waals surface area contributed by atoms with Crippen molar-refractivity contribution in [3.63, 3.8) is 0 Å². The number of ether oxygens (including phenoxy) is 2. The molecule has 0 saturated carbocycles. The van der Waals surface area contributed by atoms with Gasteiger partial charge in [0.2, 0.25) is 0 Å². The Bertz CT molecular complexity index is 1260. The second-order valence-corrected chi connectivity index (χ2v) is 12.8. The molecule has 0 amide bonds. The third-order valence-electron chi connectivity index (χ3n) is 9.37. The molecular weight excluding hydrogens is 570 g/mol. The summed E-state index contributed by atoms with van der Waals surface area (Å²) in [5.74, 6) is 0.374. The van der Waals surface area contributed by atoms with Crippen molar-refractivity contribution in [3.05, 3.63) is 38.7 Å². The number of benzene rings is 1. The Kier molecular flexibility index (Phi) is 6.49. The van der Waals surface area contributed by atoms with Gasteiger partial charge in [0.05, 0.1) is 29.6 Å². The van der Waals surface area contributed by atoms with Gasteiger partial charge >= 0.3 is 6.01 Å². The van der Waals surface area contributed by atoms with E-state index in [2.05, 4.69) is 31.0 Å². The highest BCUT2D eigenvalue weighted by atomic mass is 79.9. The van der Waals surface area contributed by atoms with E-state index in [1.165, 1.54) is 0 Å². The van der Waals surface area contributed by atoms with Gasteiger partial charge in [0.1, 0.15) is 18.6 Å². The van der Waals surface area contributed by atoms with Crippen molar-refractivity contribution in [2.75, 3.05) is 43.4 Å². The van der Waals surface area contributed by atoms with Gasteiger partial charge in [-0.1, -0.05) is 15.9 Å². The van der Waals surface area contributed by atoms with Gasteiger partial charge in [0, 0.05) is 60.2 Å². The number of nitrogens with zero attached hydrogens (tertiary/aromatic N) is 4. The van der Waals surface area contributed by atoms with E-state index in [0.29, 0.717) is 54.1 Å². The summed E-state index contributed by atoms with van der Waals surface area (Å²) in [6, 6.07) is 2.80. The minimum absolute atomic E-state index is 0.104. The topological polar surface area (TPSA) is 88.8 Å². The minimum Gasteiger partial charge on any atom is -0.461 e. The zero-order valence-corrected chi connectivity index (χ0v) is 23.8. The molecule has 11 heteroatoms. The van der Waals surface area contributed by atoms with Crippen LogP contribution in [0, 0.1) is 12.7 Å². The second-order valence-electron chi connectivity index (χ2n) is 12.0. The zero-order valence-electron chi connectivity index (χ0n) is 22.2. The molecule has 3 N–H and O–H groups in total. The van der Waals surface area contributed by atoms with E-state index < -0.39 is 18.1 Å². The summed E-state index contributed by atoms with van der Waals surface area (Å²) in [4.78, 5) is 14.3. The van der Waals surface area contributed by atoms with Crippen LogP contribution in [0.5, 0.6) is 6.01 Å². The first-order valence-corrected chi connectivity index (χ1v) is 14.9. The average molecular weight is 606 g/mol. The molecule has 0 aliphatic carbocycles. The molecule has 2 aromatic rings. The van der Waals surface area contributed by atoms with Crippen LogP contribution in [0.25, 0.3) is 0 Å². The molecule has 0 spiro atoms. The van der Waals surface area contributed by atoms with E-state index in [1.54, 1.807) is 6.07 Å². The van der Waals surface area contributed by atoms with E-state index in [9.17, 15) is 4.39 Å². The quantitative estimate of drug-likeness (QED) is 0.496. The van der Waals surface area contributed by atoms with Crippen molar-refractivity contribution >= 4 is 27.4 Å². The molecule has 1 aromatic carbocycles. The van der Waals surface area contributed by atoms with Crippen LogP contribution in [0.4, 0.5) is 20.3 Å².